The minimum atomic E-state index is -0.0219. The van der Waals surface area contributed by atoms with E-state index in [1.54, 1.807) is 0 Å². The summed E-state index contributed by atoms with van der Waals surface area (Å²) >= 11 is 0. The van der Waals surface area contributed by atoms with Crippen LogP contribution in [0.5, 0.6) is 0 Å². The highest BCUT2D eigenvalue weighted by atomic mass is 16.2. The molecule has 1 N–H and O–H groups in total. The van der Waals surface area contributed by atoms with E-state index in [1.807, 2.05) is 28.0 Å². The summed E-state index contributed by atoms with van der Waals surface area (Å²) in [5.74, 6) is 0.901. The predicted molar refractivity (Wildman–Crippen MR) is 97.9 cm³/mol. The summed E-state index contributed by atoms with van der Waals surface area (Å²) < 4.78 is 2.13. The van der Waals surface area contributed by atoms with Crippen molar-refractivity contribution in [1.82, 2.24) is 19.8 Å². The van der Waals surface area contributed by atoms with Gasteiger partial charge in [0.25, 0.3) is 0 Å². The van der Waals surface area contributed by atoms with Crippen molar-refractivity contribution < 1.29 is 9.59 Å². The number of fused-ring (bicyclic) bond motifs is 3. The van der Waals surface area contributed by atoms with Gasteiger partial charge in [0.2, 0.25) is 11.9 Å². The molecule has 1 saturated carbocycles. The second-order valence-electron chi connectivity index (χ2n) is 7.53. The van der Waals surface area contributed by atoms with Gasteiger partial charge in [0.05, 0.1) is 11.0 Å². The molecule has 0 bridgehead atoms. The smallest absolute Gasteiger partial charge is 0.317 e. The number of anilines is 1. The third-order valence-electron chi connectivity index (χ3n) is 5.73. The van der Waals surface area contributed by atoms with Gasteiger partial charge in [-0.05, 0) is 37.8 Å². The molecule has 0 unspecified atom stereocenters. The van der Waals surface area contributed by atoms with Crippen molar-refractivity contribution in [2.45, 2.75) is 38.3 Å². The van der Waals surface area contributed by atoms with Gasteiger partial charge < -0.3 is 14.8 Å². The van der Waals surface area contributed by atoms with E-state index in [0.29, 0.717) is 25.7 Å². The molecule has 5 rings (SSSR count). The number of nitrogens with zero attached hydrogens (tertiary/aromatic N) is 4. The van der Waals surface area contributed by atoms with Crippen LogP contribution >= 0.6 is 0 Å². The van der Waals surface area contributed by atoms with Crippen molar-refractivity contribution in [2.24, 2.45) is 5.92 Å². The van der Waals surface area contributed by atoms with Gasteiger partial charge in [0.15, 0.2) is 0 Å². The molecule has 1 aromatic carbocycles. The van der Waals surface area contributed by atoms with Gasteiger partial charge in [-0.2, -0.15) is 0 Å². The van der Waals surface area contributed by atoms with Gasteiger partial charge in [-0.3, -0.25) is 9.69 Å². The predicted octanol–water partition coefficient (Wildman–Crippen LogP) is 1.97. The summed E-state index contributed by atoms with van der Waals surface area (Å²) in [6.07, 6.45) is 3.65. The number of urea groups is 1. The van der Waals surface area contributed by atoms with Crippen molar-refractivity contribution in [3.05, 3.63) is 24.3 Å². The number of benzene rings is 1. The SMILES string of the molecule is O=C(NC1CC1)N1CCC(C(=O)N2CCn3c2nc2ccccc23)CC1. The second-order valence-corrected chi connectivity index (χ2v) is 7.53. The normalized spacial score (nSPS) is 20.5. The Hall–Kier alpha value is -2.57. The molecule has 3 amide bonds. The fourth-order valence-electron chi connectivity index (χ4n) is 4.04. The molecule has 2 aromatic rings. The summed E-state index contributed by atoms with van der Waals surface area (Å²) in [6.45, 7) is 2.79. The first-order chi connectivity index (χ1) is 12.7. The lowest BCUT2D eigenvalue weighted by Crippen LogP contribution is -2.48. The molecular weight excluding hydrogens is 330 g/mol. The second kappa shape index (κ2) is 6.00. The summed E-state index contributed by atoms with van der Waals surface area (Å²) in [7, 11) is 0. The van der Waals surface area contributed by atoms with Gasteiger partial charge in [0.1, 0.15) is 0 Å². The third-order valence-corrected chi connectivity index (χ3v) is 5.73. The molecule has 3 heterocycles. The van der Waals surface area contributed by atoms with Crippen LogP contribution in [0.25, 0.3) is 11.0 Å². The average Bonchev–Trinajstić information content (AvgIpc) is 3.27. The molecule has 1 aliphatic carbocycles. The van der Waals surface area contributed by atoms with E-state index < -0.39 is 0 Å². The van der Waals surface area contributed by atoms with Crippen molar-refractivity contribution >= 4 is 28.9 Å². The number of para-hydroxylation sites is 2. The van der Waals surface area contributed by atoms with Crippen molar-refractivity contribution in [3.8, 4) is 0 Å². The Morgan fingerprint density at radius 1 is 1.00 bits per heavy atom. The molecule has 1 aromatic heterocycles. The summed E-state index contributed by atoms with van der Waals surface area (Å²) in [4.78, 5) is 33.6. The summed E-state index contributed by atoms with van der Waals surface area (Å²) in [5, 5.41) is 3.03. The van der Waals surface area contributed by atoms with Crippen LogP contribution in [0.4, 0.5) is 10.7 Å². The first kappa shape index (κ1) is 15.7. The zero-order valence-electron chi connectivity index (χ0n) is 14.7. The van der Waals surface area contributed by atoms with Crippen LogP contribution in [0.1, 0.15) is 25.7 Å². The molecule has 136 valence electrons. The monoisotopic (exact) mass is 353 g/mol. The quantitative estimate of drug-likeness (QED) is 0.897. The standard InChI is InChI=1S/C19H23N5O2/c25-17(13-7-9-22(10-8-13)19(26)20-14-5-6-14)24-12-11-23-16-4-2-1-3-15(16)21-18(23)24/h1-4,13-14H,5-12H2,(H,20,26). The Balaban J connectivity index is 1.26. The number of nitrogens with one attached hydrogen (secondary N) is 1. The number of aromatic nitrogens is 2. The molecule has 26 heavy (non-hydrogen) atoms. The minimum Gasteiger partial charge on any atom is -0.335 e. The molecule has 0 spiro atoms. The zero-order chi connectivity index (χ0) is 17.7. The molecule has 0 radical (unpaired) electrons. The van der Waals surface area contributed by atoms with Crippen molar-refractivity contribution in [2.75, 3.05) is 24.5 Å². The Bertz CT molecular complexity index is 864. The van der Waals surface area contributed by atoms with Gasteiger partial charge in [-0.15, -0.1) is 0 Å². The number of piperidine rings is 1. The number of carbonyl (C=O) groups is 2. The largest absolute Gasteiger partial charge is 0.335 e. The number of amides is 3. The van der Waals surface area contributed by atoms with Crippen LogP contribution in [-0.4, -0.2) is 52.1 Å². The number of rotatable bonds is 2. The highest BCUT2D eigenvalue weighted by molar-refractivity contribution is 5.96. The number of imidazole rings is 1. The average molecular weight is 353 g/mol. The third kappa shape index (κ3) is 2.62. The van der Waals surface area contributed by atoms with Crippen LogP contribution in [0.3, 0.4) is 0 Å². The van der Waals surface area contributed by atoms with Crippen molar-refractivity contribution in [3.63, 3.8) is 0 Å². The highest BCUT2D eigenvalue weighted by Crippen LogP contribution is 2.30. The van der Waals surface area contributed by atoms with E-state index in [-0.39, 0.29) is 17.9 Å². The first-order valence-electron chi connectivity index (χ1n) is 9.53. The van der Waals surface area contributed by atoms with Crippen LogP contribution in [0.15, 0.2) is 24.3 Å². The van der Waals surface area contributed by atoms with E-state index in [4.69, 9.17) is 0 Å². The van der Waals surface area contributed by atoms with Crippen molar-refractivity contribution in [1.29, 1.82) is 0 Å². The van der Waals surface area contributed by atoms with E-state index in [2.05, 4.69) is 20.9 Å². The molecule has 7 nitrogen and oxygen atoms in total. The summed E-state index contributed by atoms with van der Waals surface area (Å²) in [5.41, 5.74) is 2.02. The topological polar surface area (TPSA) is 70.5 Å². The van der Waals surface area contributed by atoms with Crippen LogP contribution < -0.4 is 10.2 Å². The lowest BCUT2D eigenvalue weighted by Gasteiger charge is -2.32. The Kier molecular flexibility index (Phi) is 3.62. The van der Waals surface area contributed by atoms with E-state index in [1.165, 1.54) is 0 Å². The molecule has 2 fully saturated rings. The molecule has 1 saturated heterocycles. The van der Waals surface area contributed by atoms with Crippen LogP contribution in [-0.2, 0) is 11.3 Å². The highest BCUT2D eigenvalue weighted by Gasteiger charge is 2.35. The van der Waals surface area contributed by atoms with Gasteiger partial charge in [-0.1, -0.05) is 12.1 Å². The fraction of sp³-hybridized carbons (Fsp3) is 0.526. The van der Waals surface area contributed by atoms with Crippen LogP contribution in [0, 0.1) is 5.92 Å². The zero-order valence-corrected chi connectivity index (χ0v) is 14.7. The lowest BCUT2D eigenvalue weighted by molar-refractivity contribution is -0.123. The summed E-state index contributed by atoms with van der Waals surface area (Å²) in [6, 6.07) is 8.42. The lowest BCUT2D eigenvalue weighted by atomic mass is 9.95. The van der Waals surface area contributed by atoms with E-state index >= 15 is 0 Å². The molecule has 3 aliphatic rings. The van der Waals surface area contributed by atoms with Gasteiger partial charge in [-0.25, -0.2) is 9.78 Å². The number of hydrogen-bond acceptors (Lipinski definition) is 3. The number of carbonyl (C=O) groups excluding carboxylic acids is 2. The van der Waals surface area contributed by atoms with Crippen LogP contribution in [0.2, 0.25) is 0 Å². The Labute approximate surface area is 152 Å². The maximum absolute atomic E-state index is 13.1. The van der Waals surface area contributed by atoms with Gasteiger partial charge >= 0.3 is 6.03 Å². The fourth-order valence-corrected chi connectivity index (χ4v) is 4.04. The maximum Gasteiger partial charge on any atom is 0.317 e. The molecule has 7 heteroatoms. The molecule has 0 atom stereocenters. The minimum absolute atomic E-state index is 0.0219. The maximum atomic E-state index is 13.1. The Morgan fingerprint density at radius 3 is 2.54 bits per heavy atom. The van der Waals surface area contributed by atoms with E-state index in [9.17, 15) is 9.59 Å². The number of likely N-dealkylation sites (tertiary alicyclic amines) is 1. The van der Waals surface area contributed by atoms with Gasteiger partial charge in [0, 0.05) is 38.1 Å². The Morgan fingerprint density at radius 2 is 1.77 bits per heavy atom. The first-order valence-corrected chi connectivity index (χ1v) is 9.53. The molecular formula is C19H23N5O2. The van der Waals surface area contributed by atoms with E-state index in [0.717, 1.165) is 49.2 Å². The molecule has 2 aliphatic heterocycles. The number of hydrogen-bond donors (Lipinski definition) is 1.